The number of carbonyl (C=O) groups excluding carboxylic acids is 2. The molecule has 4 aliphatic rings. The zero-order valence-electron chi connectivity index (χ0n) is 16.6. The molecule has 146 valence electrons. The number of nitrogens with two attached hydrogens (primary N) is 1. The summed E-state index contributed by atoms with van der Waals surface area (Å²) >= 11 is 0. The van der Waals surface area contributed by atoms with Gasteiger partial charge in [0.05, 0.1) is 0 Å². The first kappa shape index (κ1) is 18.3. The minimum absolute atomic E-state index is 0.0550. The van der Waals surface area contributed by atoms with E-state index in [2.05, 4.69) is 5.32 Å². The largest absolute Gasteiger partial charge is 0.369 e. The van der Waals surface area contributed by atoms with E-state index in [1.54, 1.807) is 0 Å². The first-order valence-corrected chi connectivity index (χ1v) is 10.1. The Balaban J connectivity index is 1.50. The molecular formula is C22H31N3O2. The molecule has 0 spiro atoms. The molecule has 2 unspecified atom stereocenters. The third kappa shape index (κ3) is 2.91. The summed E-state index contributed by atoms with van der Waals surface area (Å²) in [5, 5.41) is 3.38. The van der Waals surface area contributed by atoms with Gasteiger partial charge in [-0.25, -0.2) is 0 Å². The summed E-state index contributed by atoms with van der Waals surface area (Å²) in [6, 6.07) is 10.2. The molecule has 1 aromatic rings. The number of anilines is 1. The molecule has 1 aromatic carbocycles. The van der Waals surface area contributed by atoms with Gasteiger partial charge >= 0.3 is 0 Å². The maximum Gasteiger partial charge on any atom is 0.245 e. The average molecular weight is 370 g/mol. The normalized spacial score (nSPS) is 34.3. The lowest BCUT2D eigenvalue weighted by Crippen LogP contribution is -2.65. The molecule has 2 atom stereocenters. The lowest BCUT2D eigenvalue weighted by atomic mass is 9.47. The second-order valence-electron chi connectivity index (χ2n) is 9.57. The second-order valence-corrected chi connectivity index (χ2v) is 9.57. The molecule has 0 radical (unpaired) electrons. The van der Waals surface area contributed by atoms with E-state index in [0.29, 0.717) is 17.8 Å². The van der Waals surface area contributed by atoms with Crippen LogP contribution in [0.1, 0.15) is 46.0 Å². The third-order valence-corrected chi connectivity index (χ3v) is 7.63. The summed E-state index contributed by atoms with van der Waals surface area (Å²) in [5.41, 5.74) is 5.84. The van der Waals surface area contributed by atoms with E-state index >= 15 is 0 Å². The smallest absolute Gasteiger partial charge is 0.245 e. The molecule has 4 aliphatic carbocycles. The topological polar surface area (TPSA) is 75.4 Å². The Labute approximate surface area is 161 Å². The number of hydrogen-bond acceptors (Lipinski definition) is 3. The van der Waals surface area contributed by atoms with Gasteiger partial charge < -0.3 is 16.0 Å². The quantitative estimate of drug-likeness (QED) is 0.838. The second kappa shape index (κ2) is 6.25. The molecule has 0 saturated heterocycles. The fourth-order valence-electron chi connectivity index (χ4n) is 6.02. The first-order valence-electron chi connectivity index (χ1n) is 10.1. The molecule has 4 fully saturated rings. The zero-order valence-corrected chi connectivity index (χ0v) is 16.6. The number of hydrogen-bond donors (Lipinski definition) is 2. The van der Waals surface area contributed by atoms with Gasteiger partial charge in [0.1, 0.15) is 5.54 Å². The third-order valence-electron chi connectivity index (χ3n) is 7.63. The zero-order chi connectivity index (χ0) is 19.4. The van der Waals surface area contributed by atoms with Crippen LogP contribution in [0.15, 0.2) is 30.3 Å². The molecule has 5 heteroatoms. The number of amides is 2. The minimum atomic E-state index is -0.655. The molecule has 0 aliphatic heterocycles. The predicted octanol–water partition coefficient (Wildman–Crippen LogP) is 2.70. The molecule has 0 aromatic heterocycles. The van der Waals surface area contributed by atoms with Crippen LogP contribution in [0.4, 0.5) is 5.69 Å². The number of likely N-dealkylation sites (N-methyl/N-ethyl adjacent to an activating group) is 1. The Bertz CT molecular complexity index is 729. The van der Waals surface area contributed by atoms with E-state index < -0.39 is 5.54 Å². The summed E-state index contributed by atoms with van der Waals surface area (Å²) in [6.07, 6.45) is 4.87. The van der Waals surface area contributed by atoms with Crippen molar-refractivity contribution in [3.05, 3.63) is 30.3 Å². The Kier molecular flexibility index (Phi) is 4.24. The summed E-state index contributed by atoms with van der Waals surface area (Å²) in [6.45, 7) is 3.94. The van der Waals surface area contributed by atoms with Gasteiger partial charge in [0.25, 0.3) is 0 Å². The molecule has 3 N–H and O–H groups in total. The van der Waals surface area contributed by atoms with Crippen molar-refractivity contribution in [2.45, 2.75) is 57.5 Å². The fourth-order valence-corrected chi connectivity index (χ4v) is 6.02. The van der Waals surface area contributed by atoms with Crippen LogP contribution in [0, 0.1) is 23.2 Å². The van der Waals surface area contributed by atoms with Gasteiger partial charge in [-0.15, -0.1) is 0 Å². The van der Waals surface area contributed by atoms with Crippen molar-refractivity contribution in [3.63, 3.8) is 0 Å². The van der Waals surface area contributed by atoms with Crippen molar-refractivity contribution in [2.75, 3.05) is 11.9 Å². The fraction of sp³-hybridized carbons (Fsp3) is 0.636. The minimum Gasteiger partial charge on any atom is -0.369 e. The lowest BCUT2D eigenvalue weighted by molar-refractivity contribution is -0.148. The monoisotopic (exact) mass is 369 g/mol. The highest BCUT2D eigenvalue weighted by Gasteiger charge is 2.58. The van der Waals surface area contributed by atoms with E-state index in [1.807, 2.05) is 56.1 Å². The van der Waals surface area contributed by atoms with Gasteiger partial charge in [-0.1, -0.05) is 18.2 Å². The molecule has 0 heterocycles. The Hall–Kier alpha value is -2.04. The van der Waals surface area contributed by atoms with Gasteiger partial charge in [0.15, 0.2) is 0 Å². The van der Waals surface area contributed by atoms with Crippen LogP contribution in [-0.2, 0) is 9.59 Å². The van der Waals surface area contributed by atoms with Crippen LogP contribution in [0.3, 0.4) is 0 Å². The number of para-hydroxylation sites is 1. The molecule has 5 nitrogen and oxygen atoms in total. The van der Waals surface area contributed by atoms with Gasteiger partial charge in [-0.3, -0.25) is 9.59 Å². The SMILES string of the molecule is CN(c1ccccc1)C(C)(C)C(=O)NC1C2CC3CC1CC(C(N)=O)(C3)C2. The van der Waals surface area contributed by atoms with Gasteiger partial charge in [0, 0.05) is 24.2 Å². The maximum atomic E-state index is 13.2. The van der Waals surface area contributed by atoms with Crippen molar-refractivity contribution in [3.8, 4) is 0 Å². The van der Waals surface area contributed by atoms with Gasteiger partial charge in [0.2, 0.25) is 11.8 Å². The number of nitrogens with zero attached hydrogens (tertiary/aromatic N) is 1. The summed E-state index contributed by atoms with van der Waals surface area (Å²) < 4.78 is 0. The van der Waals surface area contributed by atoms with E-state index in [9.17, 15) is 9.59 Å². The van der Waals surface area contributed by atoms with Crippen molar-refractivity contribution in [1.29, 1.82) is 0 Å². The van der Waals surface area contributed by atoms with Gasteiger partial charge in [-0.05, 0) is 75.8 Å². The lowest BCUT2D eigenvalue weighted by Gasteiger charge is -2.59. The summed E-state index contributed by atoms with van der Waals surface area (Å²) in [4.78, 5) is 27.4. The van der Waals surface area contributed by atoms with E-state index in [4.69, 9.17) is 5.73 Å². The number of rotatable bonds is 5. The first-order chi connectivity index (χ1) is 12.7. The standard InChI is InChI=1S/C22H31N3O2/c1-21(2,25(3)17-7-5-4-6-8-17)20(27)24-18-15-9-14-10-16(18)13-22(11-14,12-15)19(23)26/h4-8,14-16,18H,9-13H2,1-3H3,(H2,23,26)(H,24,27). The predicted molar refractivity (Wildman–Crippen MR) is 106 cm³/mol. The highest BCUT2D eigenvalue weighted by Crippen LogP contribution is 2.59. The van der Waals surface area contributed by atoms with Crippen LogP contribution < -0.4 is 16.0 Å². The Morgan fingerprint density at radius 1 is 1.11 bits per heavy atom. The molecule has 4 saturated carbocycles. The number of nitrogens with one attached hydrogen (secondary N) is 1. The van der Waals surface area contributed by atoms with E-state index in [-0.39, 0.29) is 23.3 Å². The van der Waals surface area contributed by atoms with Crippen LogP contribution in [0.5, 0.6) is 0 Å². The summed E-state index contributed by atoms with van der Waals surface area (Å²) in [7, 11) is 1.97. The van der Waals surface area contributed by atoms with Crippen molar-refractivity contribution in [2.24, 2.45) is 28.9 Å². The van der Waals surface area contributed by atoms with Crippen LogP contribution in [0.25, 0.3) is 0 Å². The van der Waals surface area contributed by atoms with Crippen LogP contribution >= 0.6 is 0 Å². The number of primary amides is 1. The Morgan fingerprint density at radius 2 is 1.70 bits per heavy atom. The van der Waals surface area contributed by atoms with Crippen molar-refractivity contribution >= 4 is 17.5 Å². The van der Waals surface area contributed by atoms with E-state index in [1.165, 1.54) is 0 Å². The van der Waals surface area contributed by atoms with Crippen molar-refractivity contribution < 1.29 is 9.59 Å². The van der Waals surface area contributed by atoms with Crippen molar-refractivity contribution in [1.82, 2.24) is 5.32 Å². The summed E-state index contributed by atoms with van der Waals surface area (Å²) in [5.74, 6) is 1.29. The number of carbonyl (C=O) groups is 2. The molecule has 27 heavy (non-hydrogen) atoms. The number of benzene rings is 1. The maximum absolute atomic E-state index is 13.2. The van der Waals surface area contributed by atoms with Crippen LogP contribution in [0.2, 0.25) is 0 Å². The van der Waals surface area contributed by atoms with E-state index in [0.717, 1.165) is 37.8 Å². The highest BCUT2D eigenvalue weighted by atomic mass is 16.2. The average Bonchev–Trinajstić information content (AvgIpc) is 2.63. The van der Waals surface area contributed by atoms with Crippen LogP contribution in [-0.4, -0.2) is 30.4 Å². The molecule has 4 bridgehead atoms. The molecule has 5 rings (SSSR count). The Morgan fingerprint density at radius 3 is 2.26 bits per heavy atom. The molecule has 2 amide bonds. The molecular weight excluding hydrogens is 338 g/mol. The van der Waals surface area contributed by atoms with Gasteiger partial charge in [-0.2, -0.15) is 0 Å². The highest BCUT2D eigenvalue weighted by molar-refractivity contribution is 5.89.